The number of hydrogen-bond acceptors (Lipinski definition) is 5. The van der Waals surface area contributed by atoms with Crippen LogP contribution in [0.15, 0.2) is 48.5 Å². The molecule has 0 aliphatic rings. The van der Waals surface area contributed by atoms with Crippen molar-refractivity contribution in [2.45, 2.75) is 33.3 Å². The Hall–Kier alpha value is -2.84. The Bertz CT molecular complexity index is 1180. The maximum Gasteiger partial charge on any atom is 0.244 e. The molecule has 6 nitrogen and oxygen atoms in total. The zero-order valence-electron chi connectivity index (χ0n) is 17.3. The average Bonchev–Trinajstić information content (AvgIpc) is 2.68. The Morgan fingerprint density at radius 3 is 2.27 bits per heavy atom. The van der Waals surface area contributed by atoms with E-state index < -0.39 is 22.4 Å². The van der Waals surface area contributed by atoms with Gasteiger partial charge in [0.2, 0.25) is 16.0 Å². The highest BCUT2D eigenvalue weighted by atomic mass is 32.2. The first-order chi connectivity index (χ1) is 14.1. The third-order valence-corrected chi connectivity index (χ3v) is 5.73. The summed E-state index contributed by atoms with van der Waals surface area (Å²) in [5, 5.41) is 10.0. The zero-order valence-corrected chi connectivity index (χ0v) is 18.1. The molecule has 0 radical (unpaired) electrons. The number of benzene rings is 2. The van der Waals surface area contributed by atoms with E-state index in [0.717, 1.165) is 16.1 Å². The quantitative estimate of drug-likeness (QED) is 0.631. The fraction of sp³-hybridized carbons (Fsp3) is 0.273. The molecule has 0 amide bonds. The summed E-state index contributed by atoms with van der Waals surface area (Å²) in [5.74, 6) is -0.767. The maximum atomic E-state index is 14.6. The molecular weight excluding hydrogens is 405 g/mol. The fourth-order valence-electron chi connectivity index (χ4n) is 3.32. The number of anilines is 2. The summed E-state index contributed by atoms with van der Waals surface area (Å²) >= 11 is 0. The molecule has 0 saturated carbocycles. The van der Waals surface area contributed by atoms with Crippen LogP contribution in [0.1, 0.15) is 36.6 Å². The predicted octanol–water partition coefficient (Wildman–Crippen LogP) is 4.30. The number of aryl methyl sites for hydroxylation is 1. The lowest BCUT2D eigenvalue weighted by Gasteiger charge is -2.25. The Balaban J connectivity index is 2.39. The molecule has 1 aromatic heterocycles. The molecule has 158 valence electrons. The summed E-state index contributed by atoms with van der Waals surface area (Å²) in [5.41, 5.74) is 2.30. The highest BCUT2D eigenvalue weighted by Crippen LogP contribution is 2.35. The highest BCUT2D eigenvalue weighted by Gasteiger charge is 2.28. The van der Waals surface area contributed by atoms with Gasteiger partial charge in [-0.25, -0.2) is 27.1 Å². The summed E-state index contributed by atoms with van der Waals surface area (Å²) in [7, 11) is -3.81. The van der Waals surface area contributed by atoms with Gasteiger partial charge in [-0.3, -0.25) is 0 Å². The lowest BCUT2D eigenvalue weighted by molar-refractivity contribution is 0.279. The molecule has 2 aromatic carbocycles. The second kappa shape index (κ2) is 8.49. The van der Waals surface area contributed by atoms with Crippen LogP contribution in [0.5, 0.6) is 0 Å². The van der Waals surface area contributed by atoms with Gasteiger partial charge >= 0.3 is 0 Å². The van der Waals surface area contributed by atoms with Crippen molar-refractivity contribution in [1.82, 2.24) is 9.97 Å². The SMILES string of the molecule is Cc1ccccc1N(c1nc(-c2ccccc2F)c(CO)c(C(C)C)n1)S(C)(=O)=O. The highest BCUT2D eigenvalue weighted by molar-refractivity contribution is 7.92. The van der Waals surface area contributed by atoms with Gasteiger partial charge in [-0.1, -0.05) is 44.2 Å². The van der Waals surface area contributed by atoms with Gasteiger partial charge in [0, 0.05) is 11.1 Å². The van der Waals surface area contributed by atoms with Crippen LogP contribution in [-0.4, -0.2) is 29.7 Å². The molecule has 8 heteroatoms. The third kappa shape index (κ3) is 4.20. The minimum atomic E-state index is -3.81. The number of halogens is 1. The Morgan fingerprint density at radius 2 is 1.70 bits per heavy atom. The van der Waals surface area contributed by atoms with Gasteiger partial charge in [0.15, 0.2) is 0 Å². The van der Waals surface area contributed by atoms with Crippen molar-refractivity contribution in [1.29, 1.82) is 0 Å². The summed E-state index contributed by atoms with van der Waals surface area (Å²) < 4.78 is 41.2. The van der Waals surface area contributed by atoms with Crippen LogP contribution < -0.4 is 4.31 Å². The van der Waals surface area contributed by atoms with E-state index in [1.807, 2.05) is 13.8 Å². The first-order valence-electron chi connectivity index (χ1n) is 9.47. The summed E-state index contributed by atoms with van der Waals surface area (Å²) in [6.45, 7) is 5.13. The molecule has 0 aliphatic carbocycles. The van der Waals surface area contributed by atoms with Crippen LogP contribution in [0.3, 0.4) is 0 Å². The molecule has 3 rings (SSSR count). The molecule has 1 N–H and O–H groups in total. The van der Waals surface area contributed by atoms with Crippen molar-refractivity contribution < 1.29 is 17.9 Å². The monoisotopic (exact) mass is 429 g/mol. The van der Waals surface area contributed by atoms with Crippen LogP contribution in [0.25, 0.3) is 11.3 Å². The smallest absolute Gasteiger partial charge is 0.244 e. The normalized spacial score (nSPS) is 11.7. The van der Waals surface area contributed by atoms with Gasteiger partial charge in [-0.15, -0.1) is 0 Å². The maximum absolute atomic E-state index is 14.6. The number of para-hydroxylation sites is 1. The van der Waals surface area contributed by atoms with Gasteiger partial charge in [0.1, 0.15) is 5.82 Å². The van der Waals surface area contributed by atoms with Gasteiger partial charge in [-0.2, -0.15) is 0 Å². The Morgan fingerprint density at radius 1 is 1.07 bits per heavy atom. The molecule has 1 heterocycles. The number of hydrogen-bond donors (Lipinski definition) is 1. The van der Waals surface area contributed by atoms with E-state index in [4.69, 9.17) is 0 Å². The van der Waals surface area contributed by atoms with E-state index >= 15 is 0 Å². The van der Waals surface area contributed by atoms with Crippen molar-refractivity contribution >= 4 is 21.7 Å². The molecule has 0 atom stereocenters. The second-order valence-electron chi connectivity index (χ2n) is 7.34. The van der Waals surface area contributed by atoms with Crippen molar-refractivity contribution in [3.63, 3.8) is 0 Å². The van der Waals surface area contributed by atoms with E-state index in [9.17, 15) is 17.9 Å². The zero-order chi connectivity index (χ0) is 22.1. The Kier molecular flexibility index (Phi) is 6.19. The van der Waals surface area contributed by atoms with Crippen LogP contribution in [0, 0.1) is 12.7 Å². The number of aliphatic hydroxyl groups excluding tert-OH is 1. The summed E-state index contributed by atoms with van der Waals surface area (Å²) in [4.78, 5) is 8.93. The largest absolute Gasteiger partial charge is 0.392 e. The Labute approximate surface area is 176 Å². The van der Waals surface area contributed by atoms with Crippen LogP contribution in [0.4, 0.5) is 16.0 Å². The molecular formula is C22H24FN3O3S. The minimum Gasteiger partial charge on any atom is -0.392 e. The van der Waals surface area contributed by atoms with E-state index in [2.05, 4.69) is 9.97 Å². The fourth-order valence-corrected chi connectivity index (χ4v) is 4.26. The minimum absolute atomic E-state index is 0.0917. The van der Waals surface area contributed by atoms with Crippen LogP contribution in [-0.2, 0) is 16.6 Å². The van der Waals surface area contributed by atoms with E-state index in [-0.39, 0.29) is 23.1 Å². The number of sulfonamides is 1. The van der Waals surface area contributed by atoms with Gasteiger partial charge in [0.05, 0.1) is 29.9 Å². The molecule has 30 heavy (non-hydrogen) atoms. The number of rotatable bonds is 6. The summed E-state index contributed by atoms with van der Waals surface area (Å²) in [6, 6.07) is 13.0. The lowest BCUT2D eigenvalue weighted by Crippen LogP contribution is -2.28. The van der Waals surface area contributed by atoms with E-state index in [1.165, 1.54) is 6.07 Å². The topological polar surface area (TPSA) is 83.4 Å². The van der Waals surface area contributed by atoms with E-state index in [1.54, 1.807) is 49.4 Å². The van der Waals surface area contributed by atoms with E-state index in [0.29, 0.717) is 16.9 Å². The second-order valence-corrected chi connectivity index (χ2v) is 9.17. The molecule has 3 aromatic rings. The lowest BCUT2D eigenvalue weighted by atomic mass is 9.99. The van der Waals surface area contributed by atoms with Crippen molar-refractivity contribution in [2.24, 2.45) is 0 Å². The standard InChI is InChI=1S/C22H24FN3O3S/c1-14(2)20-17(13-27)21(16-10-6-7-11-18(16)23)25-22(24-20)26(30(4,28)29)19-12-8-5-9-15(19)3/h5-12,14,27H,13H2,1-4H3. The molecule has 0 fully saturated rings. The number of nitrogens with zero attached hydrogens (tertiary/aromatic N) is 3. The number of aliphatic hydroxyl groups is 1. The molecule has 0 bridgehead atoms. The first-order valence-corrected chi connectivity index (χ1v) is 11.3. The van der Waals surface area contributed by atoms with Crippen LogP contribution in [0.2, 0.25) is 0 Å². The van der Waals surface area contributed by atoms with Crippen molar-refractivity contribution in [2.75, 3.05) is 10.6 Å². The summed E-state index contributed by atoms with van der Waals surface area (Å²) in [6.07, 6.45) is 1.07. The third-order valence-electron chi connectivity index (χ3n) is 4.71. The molecule has 0 spiro atoms. The van der Waals surface area contributed by atoms with Gasteiger partial charge in [-0.05, 0) is 36.6 Å². The van der Waals surface area contributed by atoms with Crippen molar-refractivity contribution in [3.05, 3.63) is 71.2 Å². The van der Waals surface area contributed by atoms with Gasteiger partial charge < -0.3 is 5.11 Å². The average molecular weight is 430 g/mol. The number of aromatic nitrogens is 2. The van der Waals surface area contributed by atoms with Crippen molar-refractivity contribution in [3.8, 4) is 11.3 Å². The first kappa shape index (κ1) is 21.9. The molecule has 0 saturated heterocycles. The predicted molar refractivity (Wildman–Crippen MR) is 116 cm³/mol. The van der Waals surface area contributed by atoms with Crippen LogP contribution >= 0.6 is 0 Å². The molecule has 0 aliphatic heterocycles. The molecule has 0 unspecified atom stereocenters. The van der Waals surface area contributed by atoms with Gasteiger partial charge in [0.25, 0.3) is 0 Å².